The summed E-state index contributed by atoms with van der Waals surface area (Å²) in [5.74, 6) is -0.565. The van der Waals surface area contributed by atoms with Gasteiger partial charge in [-0.3, -0.25) is 9.36 Å². The monoisotopic (exact) mass is 405 g/mol. The van der Waals surface area contributed by atoms with Gasteiger partial charge in [-0.1, -0.05) is 34.8 Å². The zero-order valence-electron chi connectivity index (χ0n) is 12.2. The second-order valence-electron chi connectivity index (χ2n) is 4.98. The average Bonchev–Trinajstić information content (AvgIpc) is 2.58. The number of alkyl halides is 2. The first-order valence-corrected chi connectivity index (χ1v) is 7.94. The predicted molar refractivity (Wildman–Crippen MR) is 91.9 cm³/mol. The number of aromatic hydroxyl groups is 1. The summed E-state index contributed by atoms with van der Waals surface area (Å²) >= 11 is 18.2. The fourth-order valence-electron chi connectivity index (χ4n) is 2.44. The van der Waals surface area contributed by atoms with Gasteiger partial charge >= 0.3 is 0 Å². The van der Waals surface area contributed by atoms with Crippen LogP contribution in [0.2, 0.25) is 15.1 Å². The molecule has 1 aromatic carbocycles. The highest BCUT2D eigenvalue weighted by molar-refractivity contribution is 6.46. The Kier molecular flexibility index (Phi) is 4.81. The van der Waals surface area contributed by atoms with Crippen molar-refractivity contribution < 1.29 is 13.9 Å². The maximum absolute atomic E-state index is 12.9. The average molecular weight is 407 g/mol. The highest BCUT2D eigenvalue weighted by atomic mass is 35.5. The van der Waals surface area contributed by atoms with E-state index in [1.807, 2.05) is 0 Å². The summed E-state index contributed by atoms with van der Waals surface area (Å²) in [6.45, 7) is -0.933. The van der Waals surface area contributed by atoms with Gasteiger partial charge in [0.2, 0.25) is 0 Å². The summed E-state index contributed by atoms with van der Waals surface area (Å²) in [5, 5.41) is 10.5. The lowest BCUT2D eigenvalue weighted by Gasteiger charge is -2.15. The minimum absolute atomic E-state index is 0.0219. The van der Waals surface area contributed by atoms with Gasteiger partial charge in [-0.2, -0.15) is 0 Å². The molecule has 5 nitrogen and oxygen atoms in total. The highest BCUT2D eigenvalue weighted by Crippen LogP contribution is 2.42. The summed E-state index contributed by atoms with van der Waals surface area (Å²) in [7, 11) is 0. The lowest BCUT2D eigenvalue weighted by atomic mass is 10.1. The Labute approximate surface area is 154 Å². The second-order valence-corrected chi connectivity index (χ2v) is 6.17. The summed E-state index contributed by atoms with van der Waals surface area (Å²) < 4.78 is 26.6. The Hall–Kier alpha value is -1.96. The van der Waals surface area contributed by atoms with Crippen LogP contribution in [0.1, 0.15) is 0 Å². The van der Waals surface area contributed by atoms with Crippen molar-refractivity contribution >= 4 is 46.0 Å². The molecule has 0 amide bonds. The molecule has 0 saturated heterocycles. The molecule has 2 heterocycles. The fourth-order valence-corrected chi connectivity index (χ4v) is 3.15. The number of nitrogens with zero attached hydrogens (tertiary/aromatic N) is 3. The number of benzene rings is 1. The minimum atomic E-state index is -2.83. The van der Waals surface area contributed by atoms with E-state index < -0.39 is 24.3 Å². The highest BCUT2D eigenvalue weighted by Gasteiger charge is 2.25. The smallest absolute Gasteiger partial charge is 0.264 e. The van der Waals surface area contributed by atoms with Crippen LogP contribution < -0.4 is 5.56 Å². The molecule has 0 radical (unpaired) electrons. The van der Waals surface area contributed by atoms with Crippen LogP contribution in [0.3, 0.4) is 0 Å². The molecular formula is C15H8Cl3F2N3O2. The van der Waals surface area contributed by atoms with E-state index in [1.54, 1.807) is 0 Å². The first kappa shape index (κ1) is 17.8. The van der Waals surface area contributed by atoms with Gasteiger partial charge in [-0.25, -0.2) is 18.7 Å². The molecule has 25 heavy (non-hydrogen) atoms. The number of rotatable bonds is 3. The molecule has 0 aliphatic rings. The summed E-state index contributed by atoms with van der Waals surface area (Å²) in [6, 6.07) is 2.79. The van der Waals surface area contributed by atoms with Gasteiger partial charge in [0, 0.05) is 18.0 Å². The third-order valence-electron chi connectivity index (χ3n) is 3.47. The molecule has 3 aromatic rings. The molecule has 0 aliphatic carbocycles. The van der Waals surface area contributed by atoms with Gasteiger partial charge in [0.05, 0.1) is 27.2 Å². The van der Waals surface area contributed by atoms with Crippen LogP contribution in [0, 0.1) is 0 Å². The molecule has 0 fully saturated rings. The molecule has 0 aliphatic heterocycles. The van der Waals surface area contributed by atoms with Crippen LogP contribution in [-0.4, -0.2) is 26.1 Å². The Morgan fingerprint density at radius 2 is 1.72 bits per heavy atom. The van der Waals surface area contributed by atoms with Crippen molar-refractivity contribution in [1.29, 1.82) is 0 Å². The minimum Gasteiger partial charge on any atom is -0.505 e. The summed E-state index contributed by atoms with van der Waals surface area (Å²) in [4.78, 5) is 20.6. The van der Waals surface area contributed by atoms with Crippen LogP contribution >= 0.6 is 34.8 Å². The first-order valence-electron chi connectivity index (χ1n) is 6.81. The number of halogens is 5. The van der Waals surface area contributed by atoms with E-state index in [9.17, 15) is 18.7 Å². The van der Waals surface area contributed by atoms with Crippen LogP contribution in [0.5, 0.6) is 5.75 Å². The zero-order chi connectivity index (χ0) is 18.3. The third kappa shape index (κ3) is 3.03. The third-order valence-corrected chi connectivity index (χ3v) is 4.59. The Balaban J connectivity index is 2.49. The Morgan fingerprint density at radius 3 is 2.40 bits per heavy atom. The molecule has 0 bridgehead atoms. The van der Waals surface area contributed by atoms with E-state index >= 15 is 0 Å². The quantitative estimate of drug-likeness (QED) is 0.655. The number of hydrogen-bond acceptors (Lipinski definition) is 4. The molecule has 3 rings (SSSR count). The van der Waals surface area contributed by atoms with Crippen molar-refractivity contribution in [2.24, 2.45) is 0 Å². The molecule has 0 atom stereocenters. The van der Waals surface area contributed by atoms with Crippen molar-refractivity contribution in [3.05, 3.63) is 49.9 Å². The standard InChI is InChI=1S/C15H8Cl3F2N3O2/c16-6-1-2-7(17)11(18)9(6)10-13(24)12-14(22-4-3-21-12)23(15(10)25)5-8(19)20/h1-4,8,24H,5H2. The van der Waals surface area contributed by atoms with Crippen LogP contribution in [0.4, 0.5) is 8.78 Å². The SMILES string of the molecule is O=c1c(-c2c(Cl)ccc(Cl)c2Cl)c(O)c2nccnc2n1CC(F)F. The van der Waals surface area contributed by atoms with Crippen molar-refractivity contribution in [2.45, 2.75) is 13.0 Å². The van der Waals surface area contributed by atoms with E-state index in [4.69, 9.17) is 34.8 Å². The molecule has 1 N–H and O–H groups in total. The van der Waals surface area contributed by atoms with E-state index in [0.29, 0.717) is 0 Å². The molecule has 0 saturated carbocycles. The molecule has 10 heteroatoms. The van der Waals surface area contributed by atoms with E-state index in [-0.39, 0.29) is 37.4 Å². The van der Waals surface area contributed by atoms with Gasteiger partial charge in [0.15, 0.2) is 11.4 Å². The maximum Gasteiger partial charge on any atom is 0.264 e. The Bertz CT molecular complexity index is 1040. The number of pyridine rings is 1. The van der Waals surface area contributed by atoms with Gasteiger partial charge in [0.25, 0.3) is 12.0 Å². The van der Waals surface area contributed by atoms with Crippen LogP contribution in [-0.2, 0) is 6.54 Å². The molecule has 2 aromatic heterocycles. The molecule has 130 valence electrons. The van der Waals surface area contributed by atoms with E-state index in [1.165, 1.54) is 24.5 Å². The number of fused-ring (bicyclic) bond motifs is 1. The van der Waals surface area contributed by atoms with Gasteiger partial charge in [-0.05, 0) is 12.1 Å². The zero-order valence-corrected chi connectivity index (χ0v) is 14.4. The first-order chi connectivity index (χ1) is 11.8. The normalized spacial score (nSPS) is 11.4. The topological polar surface area (TPSA) is 68.0 Å². The maximum atomic E-state index is 12.9. The van der Waals surface area contributed by atoms with Crippen LogP contribution in [0.25, 0.3) is 22.3 Å². The lowest BCUT2D eigenvalue weighted by Crippen LogP contribution is -2.26. The second kappa shape index (κ2) is 6.74. The molecule has 0 unspecified atom stereocenters. The molecular weight excluding hydrogens is 399 g/mol. The van der Waals surface area contributed by atoms with Crippen molar-refractivity contribution in [1.82, 2.24) is 14.5 Å². The number of aromatic nitrogens is 3. The molecule has 0 spiro atoms. The van der Waals surface area contributed by atoms with Gasteiger partial charge in [0.1, 0.15) is 5.52 Å². The Morgan fingerprint density at radius 1 is 1.08 bits per heavy atom. The van der Waals surface area contributed by atoms with Crippen molar-refractivity contribution in [2.75, 3.05) is 0 Å². The summed E-state index contributed by atoms with van der Waals surface area (Å²) in [6.07, 6.45) is -0.350. The van der Waals surface area contributed by atoms with Gasteiger partial charge < -0.3 is 5.11 Å². The van der Waals surface area contributed by atoms with E-state index in [0.717, 1.165) is 4.57 Å². The predicted octanol–water partition coefficient (Wildman–Crippen LogP) is 4.39. The van der Waals surface area contributed by atoms with Crippen molar-refractivity contribution in [3.8, 4) is 16.9 Å². The number of hydrogen-bond donors (Lipinski definition) is 1. The van der Waals surface area contributed by atoms with Crippen LogP contribution in [0.15, 0.2) is 29.3 Å². The summed E-state index contributed by atoms with van der Waals surface area (Å²) in [5.41, 5.74) is -1.68. The van der Waals surface area contributed by atoms with Gasteiger partial charge in [-0.15, -0.1) is 0 Å². The largest absolute Gasteiger partial charge is 0.505 e. The fraction of sp³-hybridized carbons (Fsp3) is 0.133. The van der Waals surface area contributed by atoms with Crippen molar-refractivity contribution in [3.63, 3.8) is 0 Å². The van der Waals surface area contributed by atoms with E-state index in [2.05, 4.69) is 9.97 Å². The lowest BCUT2D eigenvalue weighted by molar-refractivity contribution is 0.126.